The zero-order valence-corrected chi connectivity index (χ0v) is 14.1. The smallest absolute Gasteiger partial charge is 0.251 e. The van der Waals surface area contributed by atoms with E-state index in [1.165, 1.54) is 11.3 Å². The van der Waals surface area contributed by atoms with Crippen LogP contribution in [-0.2, 0) is 6.54 Å². The number of aromatic nitrogens is 1. The number of ether oxygens (including phenoxy) is 2. The predicted molar refractivity (Wildman–Crippen MR) is 93.2 cm³/mol. The molecule has 0 unspecified atom stereocenters. The summed E-state index contributed by atoms with van der Waals surface area (Å²) in [7, 11) is 0. The van der Waals surface area contributed by atoms with Gasteiger partial charge >= 0.3 is 0 Å². The third kappa shape index (κ3) is 2.90. The van der Waals surface area contributed by atoms with E-state index in [-0.39, 0.29) is 5.91 Å². The second-order valence-electron chi connectivity index (χ2n) is 5.32. The van der Waals surface area contributed by atoms with Crippen LogP contribution in [0, 0.1) is 0 Å². The number of rotatable bonds is 3. The molecule has 1 aromatic heterocycles. The van der Waals surface area contributed by atoms with E-state index in [1.807, 2.05) is 18.2 Å². The van der Waals surface area contributed by atoms with E-state index in [9.17, 15) is 4.79 Å². The number of hydrogen-bond donors (Lipinski definition) is 1. The molecule has 0 saturated carbocycles. The Balaban J connectivity index is 1.50. The molecule has 1 aliphatic heterocycles. The molecule has 0 fully saturated rings. The van der Waals surface area contributed by atoms with E-state index in [4.69, 9.17) is 21.1 Å². The van der Waals surface area contributed by atoms with Crippen molar-refractivity contribution in [3.8, 4) is 11.5 Å². The molecule has 4 rings (SSSR count). The van der Waals surface area contributed by atoms with Gasteiger partial charge in [0.25, 0.3) is 5.91 Å². The summed E-state index contributed by atoms with van der Waals surface area (Å²) in [4.78, 5) is 16.6. The number of nitrogens with one attached hydrogen (secondary N) is 1. The van der Waals surface area contributed by atoms with Crippen molar-refractivity contribution >= 4 is 39.1 Å². The molecule has 1 aliphatic rings. The monoisotopic (exact) mass is 360 g/mol. The van der Waals surface area contributed by atoms with Gasteiger partial charge in [0.15, 0.2) is 11.5 Å². The minimum absolute atomic E-state index is 0.142. The standard InChI is InChI=1S/C17H13ClN2O3S/c18-12-5-10(6-14-16(12)23-4-3-22-14)8-19-17(21)11-1-2-13-15(7-11)24-9-20-13/h1-2,5-7,9H,3-4,8H2,(H,19,21). The van der Waals surface area contributed by atoms with Crippen LogP contribution in [0.5, 0.6) is 11.5 Å². The Morgan fingerprint density at radius 2 is 2.12 bits per heavy atom. The fourth-order valence-corrected chi connectivity index (χ4v) is 3.55. The first-order valence-electron chi connectivity index (χ1n) is 7.40. The summed E-state index contributed by atoms with van der Waals surface area (Å²) in [5.41, 5.74) is 4.13. The number of thiazole rings is 1. The number of carbonyl (C=O) groups is 1. The van der Waals surface area contributed by atoms with Gasteiger partial charge in [-0.15, -0.1) is 11.3 Å². The molecule has 0 bridgehead atoms. The van der Waals surface area contributed by atoms with Gasteiger partial charge in [0.05, 0.1) is 20.7 Å². The minimum Gasteiger partial charge on any atom is -0.486 e. The lowest BCUT2D eigenvalue weighted by atomic mass is 10.1. The second-order valence-corrected chi connectivity index (χ2v) is 6.61. The molecule has 7 heteroatoms. The lowest BCUT2D eigenvalue weighted by Gasteiger charge is -2.20. The van der Waals surface area contributed by atoms with Gasteiger partial charge in [0.1, 0.15) is 13.2 Å². The summed E-state index contributed by atoms with van der Waals surface area (Å²) >= 11 is 7.72. The lowest BCUT2D eigenvalue weighted by molar-refractivity contribution is 0.0951. The number of fused-ring (bicyclic) bond motifs is 2. The highest BCUT2D eigenvalue weighted by molar-refractivity contribution is 7.16. The van der Waals surface area contributed by atoms with Gasteiger partial charge in [0, 0.05) is 12.1 Å². The first kappa shape index (κ1) is 15.2. The summed E-state index contributed by atoms with van der Waals surface area (Å²) in [5, 5.41) is 3.38. The van der Waals surface area contributed by atoms with Gasteiger partial charge in [-0.1, -0.05) is 11.6 Å². The van der Waals surface area contributed by atoms with Gasteiger partial charge in [-0.25, -0.2) is 4.98 Å². The van der Waals surface area contributed by atoms with Crippen LogP contribution in [0.2, 0.25) is 5.02 Å². The fraction of sp³-hybridized carbons (Fsp3) is 0.176. The van der Waals surface area contributed by atoms with E-state index < -0.39 is 0 Å². The number of benzene rings is 2. The average Bonchev–Trinajstić information content (AvgIpc) is 3.07. The largest absolute Gasteiger partial charge is 0.486 e. The fourth-order valence-electron chi connectivity index (χ4n) is 2.55. The van der Waals surface area contributed by atoms with Crippen molar-refractivity contribution < 1.29 is 14.3 Å². The molecule has 0 saturated heterocycles. The molecular formula is C17H13ClN2O3S. The summed E-state index contributed by atoms with van der Waals surface area (Å²) in [6.45, 7) is 1.34. The number of carbonyl (C=O) groups excluding carboxylic acids is 1. The molecule has 2 aromatic carbocycles. The van der Waals surface area contributed by atoms with Crippen LogP contribution in [0.4, 0.5) is 0 Å². The highest BCUT2D eigenvalue weighted by atomic mass is 35.5. The summed E-state index contributed by atoms with van der Waals surface area (Å²) in [5.74, 6) is 1.04. The van der Waals surface area contributed by atoms with Gasteiger partial charge in [-0.3, -0.25) is 4.79 Å². The third-order valence-corrected chi connectivity index (χ3v) is 4.78. The maximum Gasteiger partial charge on any atom is 0.251 e. The Kier molecular flexibility index (Phi) is 4.00. The summed E-state index contributed by atoms with van der Waals surface area (Å²) in [6, 6.07) is 9.09. The lowest BCUT2D eigenvalue weighted by Crippen LogP contribution is -2.23. The van der Waals surface area contributed by atoms with Crippen molar-refractivity contribution in [3.63, 3.8) is 0 Å². The van der Waals surface area contributed by atoms with Crippen molar-refractivity contribution in [2.75, 3.05) is 13.2 Å². The Bertz CT molecular complexity index is 925. The maximum absolute atomic E-state index is 12.3. The molecule has 2 heterocycles. The van der Waals surface area contributed by atoms with Crippen LogP contribution in [0.1, 0.15) is 15.9 Å². The minimum atomic E-state index is -0.142. The van der Waals surface area contributed by atoms with E-state index >= 15 is 0 Å². The van der Waals surface area contributed by atoms with Crippen molar-refractivity contribution in [2.24, 2.45) is 0 Å². The molecule has 0 spiro atoms. The number of nitrogens with zero attached hydrogens (tertiary/aromatic N) is 1. The molecule has 5 nitrogen and oxygen atoms in total. The quantitative estimate of drug-likeness (QED) is 0.774. The number of amides is 1. The van der Waals surface area contributed by atoms with Crippen LogP contribution < -0.4 is 14.8 Å². The zero-order chi connectivity index (χ0) is 16.5. The molecule has 24 heavy (non-hydrogen) atoms. The number of halogens is 1. The van der Waals surface area contributed by atoms with Crippen LogP contribution in [0.15, 0.2) is 35.8 Å². The SMILES string of the molecule is O=C(NCc1cc(Cl)c2c(c1)OCCO2)c1ccc2ncsc2c1. The van der Waals surface area contributed by atoms with E-state index in [1.54, 1.807) is 17.6 Å². The molecule has 0 atom stereocenters. The Morgan fingerprint density at radius 1 is 1.25 bits per heavy atom. The predicted octanol–water partition coefficient (Wildman–Crippen LogP) is 3.65. The number of hydrogen-bond acceptors (Lipinski definition) is 5. The van der Waals surface area contributed by atoms with Gasteiger partial charge in [-0.2, -0.15) is 0 Å². The first-order valence-corrected chi connectivity index (χ1v) is 8.66. The summed E-state index contributed by atoms with van der Waals surface area (Å²) in [6.07, 6.45) is 0. The van der Waals surface area contributed by atoms with Gasteiger partial charge < -0.3 is 14.8 Å². The van der Waals surface area contributed by atoms with Gasteiger partial charge in [0.2, 0.25) is 0 Å². The molecule has 0 radical (unpaired) electrons. The van der Waals surface area contributed by atoms with Crippen molar-refractivity contribution in [3.05, 3.63) is 52.0 Å². The Morgan fingerprint density at radius 3 is 3.04 bits per heavy atom. The maximum atomic E-state index is 12.3. The zero-order valence-electron chi connectivity index (χ0n) is 12.5. The van der Waals surface area contributed by atoms with Crippen molar-refractivity contribution in [2.45, 2.75) is 6.54 Å². The second kappa shape index (κ2) is 6.30. The molecule has 3 aromatic rings. The topological polar surface area (TPSA) is 60.5 Å². The van der Waals surface area contributed by atoms with Crippen LogP contribution in [-0.4, -0.2) is 24.1 Å². The summed E-state index contributed by atoms with van der Waals surface area (Å²) < 4.78 is 12.0. The van der Waals surface area contributed by atoms with E-state index in [2.05, 4.69) is 10.3 Å². The van der Waals surface area contributed by atoms with Crippen LogP contribution >= 0.6 is 22.9 Å². The van der Waals surface area contributed by atoms with Gasteiger partial charge in [-0.05, 0) is 35.9 Å². The highest BCUT2D eigenvalue weighted by Crippen LogP contribution is 2.38. The highest BCUT2D eigenvalue weighted by Gasteiger charge is 2.17. The van der Waals surface area contributed by atoms with E-state index in [0.29, 0.717) is 41.8 Å². The third-order valence-electron chi connectivity index (χ3n) is 3.70. The van der Waals surface area contributed by atoms with Crippen molar-refractivity contribution in [1.82, 2.24) is 10.3 Å². The molecule has 0 aliphatic carbocycles. The Labute approximate surface area is 147 Å². The normalized spacial score (nSPS) is 13.0. The molecule has 1 amide bonds. The molecule has 1 N–H and O–H groups in total. The first-order chi connectivity index (χ1) is 11.7. The van der Waals surface area contributed by atoms with Crippen molar-refractivity contribution in [1.29, 1.82) is 0 Å². The molecular weight excluding hydrogens is 348 g/mol. The molecule has 122 valence electrons. The van der Waals surface area contributed by atoms with Crippen LogP contribution in [0.3, 0.4) is 0 Å². The Hall–Kier alpha value is -2.31. The van der Waals surface area contributed by atoms with Crippen LogP contribution in [0.25, 0.3) is 10.2 Å². The van der Waals surface area contributed by atoms with E-state index in [0.717, 1.165) is 15.8 Å². The average molecular weight is 361 g/mol.